The Hall–Kier alpha value is -3.38. The van der Waals surface area contributed by atoms with Gasteiger partial charge >= 0.3 is 0 Å². The second kappa shape index (κ2) is 8.04. The standard InChI is InChI=1S/C25H18BrFN4/c1-15-4-2-6-22(29-15)25-24(18-8-10-21-17(14-18)5-3-11-28-21)30-23(31-25)13-16-7-9-20(27)19(26)12-16/h2-12,14H,13H2,1H3,(H,30,31). The lowest BCUT2D eigenvalue weighted by atomic mass is 10.1. The molecule has 0 aliphatic heterocycles. The van der Waals surface area contributed by atoms with Crippen molar-refractivity contribution in [3.63, 3.8) is 0 Å². The molecule has 0 saturated carbocycles. The van der Waals surface area contributed by atoms with E-state index >= 15 is 0 Å². The van der Waals surface area contributed by atoms with E-state index in [9.17, 15) is 4.39 Å². The van der Waals surface area contributed by atoms with Crippen LogP contribution in [0, 0.1) is 12.7 Å². The molecule has 0 amide bonds. The molecule has 0 atom stereocenters. The highest BCUT2D eigenvalue weighted by Crippen LogP contribution is 2.31. The van der Waals surface area contributed by atoms with Crippen molar-refractivity contribution >= 4 is 26.8 Å². The van der Waals surface area contributed by atoms with Gasteiger partial charge in [-0.05, 0) is 70.9 Å². The van der Waals surface area contributed by atoms with Crippen LogP contribution >= 0.6 is 15.9 Å². The second-order valence-electron chi connectivity index (χ2n) is 7.41. The number of hydrogen-bond donors (Lipinski definition) is 1. The molecule has 0 fully saturated rings. The Morgan fingerprint density at radius 1 is 0.968 bits per heavy atom. The zero-order valence-electron chi connectivity index (χ0n) is 16.7. The fourth-order valence-corrected chi connectivity index (χ4v) is 4.07. The Morgan fingerprint density at radius 2 is 1.87 bits per heavy atom. The minimum atomic E-state index is -0.279. The number of aryl methyl sites for hydroxylation is 1. The van der Waals surface area contributed by atoms with E-state index in [1.54, 1.807) is 18.3 Å². The maximum Gasteiger partial charge on any atom is 0.137 e. The summed E-state index contributed by atoms with van der Waals surface area (Å²) in [6.45, 7) is 1.97. The lowest BCUT2D eigenvalue weighted by Gasteiger charge is -2.05. The molecular formula is C25H18BrFN4. The molecule has 0 aliphatic rings. The molecule has 5 rings (SSSR count). The summed E-state index contributed by atoms with van der Waals surface area (Å²) in [4.78, 5) is 17.5. The van der Waals surface area contributed by atoms with Crippen molar-refractivity contribution in [2.24, 2.45) is 0 Å². The van der Waals surface area contributed by atoms with Crippen LogP contribution in [0.15, 0.2) is 77.4 Å². The maximum absolute atomic E-state index is 13.6. The van der Waals surface area contributed by atoms with Gasteiger partial charge in [-0.15, -0.1) is 0 Å². The van der Waals surface area contributed by atoms with Crippen LogP contribution in [0.1, 0.15) is 17.1 Å². The van der Waals surface area contributed by atoms with Crippen LogP contribution in [0.3, 0.4) is 0 Å². The quantitative estimate of drug-likeness (QED) is 0.325. The van der Waals surface area contributed by atoms with Gasteiger partial charge in [0.05, 0.1) is 27.1 Å². The van der Waals surface area contributed by atoms with E-state index in [4.69, 9.17) is 9.97 Å². The van der Waals surface area contributed by atoms with Crippen molar-refractivity contribution in [1.82, 2.24) is 19.9 Å². The molecular weight excluding hydrogens is 455 g/mol. The molecule has 0 aliphatic carbocycles. The van der Waals surface area contributed by atoms with Crippen molar-refractivity contribution < 1.29 is 4.39 Å². The van der Waals surface area contributed by atoms with Gasteiger partial charge in [-0.3, -0.25) is 9.97 Å². The van der Waals surface area contributed by atoms with Gasteiger partial charge in [-0.1, -0.05) is 24.3 Å². The van der Waals surface area contributed by atoms with E-state index in [-0.39, 0.29) is 5.82 Å². The molecule has 4 nitrogen and oxygen atoms in total. The molecule has 5 aromatic rings. The SMILES string of the molecule is Cc1cccc(-c2[nH]c(Cc3ccc(F)c(Br)c3)nc2-c2ccc3ncccc3c2)n1. The number of imidazole rings is 1. The van der Waals surface area contributed by atoms with E-state index < -0.39 is 0 Å². The molecule has 0 spiro atoms. The third-order valence-electron chi connectivity index (χ3n) is 5.13. The highest BCUT2D eigenvalue weighted by atomic mass is 79.9. The minimum absolute atomic E-state index is 0.279. The van der Waals surface area contributed by atoms with Crippen LogP contribution in [0.25, 0.3) is 33.5 Å². The summed E-state index contributed by atoms with van der Waals surface area (Å²) >= 11 is 3.26. The lowest BCUT2D eigenvalue weighted by Crippen LogP contribution is -1.92. The molecule has 31 heavy (non-hydrogen) atoms. The monoisotopic (exact) mass is 472 g/mol. The summed E-state index contributed by atoms with van der Waals surface area (Å²) in [6, 6.07) is 21.0. The first-order valence-electron chi connectivity index (χ1n) is 9.89. The summed E-state index contributed by atoms with van der Waals surface area (Å²) in [5, 5.41) is 1.05. The summed E-state index contributed by atoms with van der Waals surface area (Å²) in [7, 11) is 0. The fraction of sp³-hybridized carbons (Fsp3) is 0.0800. The van der Waals surface area contributed by atoms with Gasteiger partial charge in [0.1, 0.15) is 11.6 Å². The smallest absolute Gasteiger partial charge is 0.137 e. The van der Waals surface area contributed by atoms with Crippen LogP contribution in [-0.4, -0.2) is 19.9 Å². The minimum Gasteiger partial charge on any atom is -0.340 e. The number of hydrogen-bond acceptors (Lipinski definition) is 3. The van der Waals surface area contributed by atoms with Crippen molar-refractivity contribution in [2.45, 2.75) is 13.3 Å². The number of halogens is 2. The Bertz CT molecular complexity index is 1410. The van der Waals surface area contributed by atoms with Gasteiger partial charge in [-0.25, -0.2) is 9.37 Å². The third kappa shape index (κ3) is 3.99. The summed E-state index contributed by atoms with van der Waals surface area (Å²) in [5.41, 5.74) is 6.35. The summed E-state index contributed by atoms with van der Waals surface area (Å²) in [6.07, 6.45) is 2.34. The van der Waals surface area contributed by atoms with E-state index in [1.807, 2.05) is 49.4 Å². The van der Waals surface area contributed by atoms with Crippen molar-refractivity contribution in [3.05, 3.63) is 100 Å². The van der Waals surface area contributed by atoms with Crippen LogP contribution in [0.2, 0.25) is 0 Å². The van der Waals surface area contributed by atoms with Gasteiger partial charge in [0, 0.05) is 29.3 Å². The van der Waals surface area contributed by atoms with Crippen molar-refractivity contribution in [2.75, 3.05) is 0 Å². The van der Waals surface area contributed by atoms with Crippen LogP contribution in [0.4, 0.5) is 4.39 Å². The van der Waals surface area contributed by atoms with Gasteiger partial charge in [0.25, 0.3) is 0 Å². The number of nitrogens with one attached hydrogen (secondary N) is 1. The number of rotatable bonds is 4. The molecule has 0 radical (unpaired) electrons. The normalized spacial score (nSPS) is 11.2. The van der Waals surface area contributed by atoms with E-state index in [1.165, 1.54) is 6.07 Å². The van der Waals surface area contributed by atoms with Crippen LogP contribution in [0.5, 0.6) is 0 Å². The van der Waals surface area contributed by atoms with E-state index in [0.717, 1.165) is 50.6 Å². The molecule has 3 heterocycles. The molecule has 1 N–H and O–H groups in total. The first-order valence-corrected chi connectivity index (χ1v) is 10.7. The van der Waals surface area contributed by atoms with Gasteiger partial charge in [-0.2, -0.15) is 0 Å². The first kappa shape index (κ1) is 19.6. The first-order chi connectivity index (χ1) is 15.1. The highest BCUT2D eigenvalue weighted by Gasteiger charge is 2.16. The number of aromatic amines is 1. The number of pyridine rings is 2. The molecule has 2 aromatic carbocycles. The van der Waals surface area contributed by atoms with Gasteiger partial charge in [0.2, 0.25) is 0 Å². The molecule has 6 heteroatoms. The Morgan fingerprint density at radius 3 is 2.71 bits per heavy atom. The predicted octanol–water partition coefficient (Wildman–Crippen LogP) is 6.49. The average Bonchev–Trinajstić information content (AvgIpc) is 3.20. The number of aromatic nitrogens is 4. The Kier molecular flexibility index (Phi) is 5.08. The highest BCUT2D eigenvalue weighted by molar-refractivity contribution is 9.10. The summed E-state index contributed by atoms with van der Waals surface area (Å²) in [5.74, 6) is 0.511. The fourth-order valence-electron chi connectivity index (χ4n) is 3.65. The van der Waals surface area contributed by atoms with Crippen LogP contribution < -0.4 is 0 Å². The predicted molar refractivity (Wildman–Crippen MR) is 124 cm³/mol. The Balaban J connectivity index is 1.63. The number of fused-ring (bicyclic) bond motifs is 1. The molecule has 3 aromatic heterocycles. The van der Waals surface area contributed by atoms with Gasteiger partial charge in [0.15, 0.2) is 0 Å². The van der Waals surface area contributed by atoms with Gasteiger partial charge < -0.3 is 4.98 Å². The molecule has 0 unspecified atom stereocenters. The zero-order chi connectivity index (χ0) is 21.4. The average molecular weight is 473 g/mol. The van der Waals surface area contributed by atoms with E-state index in [0.29, 0.717) is 10.9 Å². The lowest BCUT2D eigenvalue weighted by molar-refractivity contribution is 0.620. The molecule has 152 valence electrons. The maximum atomic E-state index is 13.6. The van der Waals surface area contributed by atoms with E-state index in [2.05, 4.69) is 32.0 Å². The topological polar surface area (TPSA) is 54.5 Å². The van der Waals surface area contributed by atoms with Crippen molar-refractivity contribution in [1.29, 1.82) is 0 Å². The Labute approximate surface area is 187 Å². The van der Waals surface area contributed by atoms with Crippen LogP contribution in [-0.2, 0) is 6.42 Å². The molecule has 0 bridgehead atoms. The number of benzene rings is 2. The molecule has 0 saturated heterocycles. The third-order valence-corrected chi connectivity index (χ3v) is 5.74. The second-order valence-corrected chi connectivity index (χ2v) is 8.26. The zero-order valence-corrected chi connectivity index (χ0v) is 18.3. The summed E-state index contributed by atoms with van der Waals surface area (Å²) < 4.78 is 14.1. The largest absolute Gasteiger partial charge is 0.340 e. The van der Waals surface area contributed by atoms with Crippen molar-refractivity contribution in [3.8, 4) is 22.6 Å². The number of nitrogens with zero attached hydrogens (tertiary/aromatic N) is 3. The number of H-pyrrole nitrogens is 1.